The maximum absolute atomic E-state index is 13.4. The number of ether oxygens (including phenoxy) is 1. The molecule has 0 aliphatic carbocycles. The van der Waals surface area contributed by atoms with Crippen molar-refractivity contribution in [2.24, 2.45) is 0 Å². The molecule has 2 rings (SSSR count). The van der Waals surface area contributed by atoms with Crippen LogP contribution < -0.4 is 10.1 Å². The number of hydrogen-bond acceptors (Lipinski definition) is 4. The molecule has 0 saturated heterocycles. The lowest BCUT2D eigenvalue weighted by Gasteiger charge is -2.08. The molecule has 100 valence electrons. The summed E-state index contributed by atoms with van der Waals surface area (Å²) >= 11 is 0. The van der Waals surface area contributed by atoms with E-state index >= 15 is 0 Å². The first-order chi connectivity index (χ1) is 9.29. The van der Waals surface area contributed by atoms with Crippen LogP contribution >= 0.6 is 0 Å². The maximum atomic E-state index is 13.4. The Morgan fingerprint density at radius 2 is 2.11 bits per heavy atom. The monoisotopic (exact) mass is 261 g/mol. The molecule has 5 heteroatoms. The van der Waals surface area contributed by atoms with Crippen molar-refractivity contribution < 1.29 is 9.13 Å². The third-order valence-corrected chi connectivity index (χ3v) is 2.53. The van der Waals surface area contributed by atoms with Gasteiger partial charge < -0.3 is 10.1 Å². The van der Waals surface area contributed by atoms with Crippen LogP contribution in [0.25, 0.3) is 0 Å². The fourth-order valence-corrected chi connectivity index (χ4v) is 1.54. The molecule has 0 radical (unpaired) electrons. The third kappa shape index (κ3) is 3.91. The lowest BCUT2D eigenvalue weighted by atomic mass is 10.2. The minimum Gasteiger partial charge on any atom is -0.473 e. The van der Waals surface area contributed by atoms with Gasteiger partial charge in [0, 0.05) is 18.2 Å². The van der Waals surface area contributed by atoms with Crippen molar-refractivity contribution in [3.63, 3.8) is 0 Å². The van der Waals surface area contributed by atoms with E-state index < -0.39 is 0 Å². The van der Waals surface area contributed by atoms with Crippen LogP contribution in [0, 0.1) is 5.82 Å². The van der Waals surface area contributed by atoms with Crippen molar-refractivity contribution in [2.45, 2.75) is 20.0 Å². The summed E-state index contributed by atoms with van der Waals surface area (Å²) in [5.74, 6) is 0.859. The normalized spacial score (nSPS) is 10.2. The van der Waals surface area contributed by atoms with Gasteiger partial charge in [-0.05, 0) is 12.5 Å². The third-order valence-electron chi connectivity index (χ3n) is 2.53. The lowest BCUT2D eigenvalue weighted by molar-refractivity contribution is 0.287. The Labute approximate surface area is 111 Å². The van der Waals surface area contributed by atoms with Gasteiger partial charge in [-0.25, -0.2) is 14.4 Å². The van der Waals surface area contributed by atoms with Crippen molar-refractivity contribution in [1.29, 1.82) is 0 Å². The molecule has 0 fully saturated rings. The molecule has 0 aliphatic rings. The first-order valence-corrected chi connectivity index (χ1v) is 6.21. The van der Waals surface area contributed by atoms with Gasteiger partial charge >= 0.3 is 0 Å². The minimum absolute atomic E-state index is 0.150. The standard InChI is InChI=1S/C14H16FN3O/c1-2-7-16-13-8-14(18-10-17-13)19-9-11-5-3-4-6-12(11)15/h3-6,8,10H,2,7,9H2,1H3,(H,16,17,18). The molecule has 0 saturated carbocycles. The second-order valence-corrected chi connectivity index (χ2v) is 4.05. The zero-order valence-electron chi connectivity index (χ0n) is 10.8. The van der Waals surface area contributed by atoms with Gasteiger partial charge in [-0.15, -0.1) is 0 Å². The molecule has 0 amide bonds. The zero-order valence-corrected chi connectivity index (χ0v) is 10.8. The summed E-state index contributed by atoms with van der Waals surface area (Å²) in [5, 5.41) is 3.14. The van der Waals surface area contributed by atoms with Crippen molar-refractivity contribution in [3.8, 4) is 5.88 Å². The number of hydrogen-bond donors (Lipinski definition) is 1. The van der Waals surface area contributed by atoms with Gasteiger partial charge in [-0.3, -0.25) is 0 Å². The molecule has 0 aliphatic heterocycles. The Morgan fingerprint density at radius 3 is 2.89 bits per heavy atom. The van der Waals surface area contributed by atoms with E-state index in [1.165, 1.54) is 12.4 Å². The van der Waals surface area contributed by atoms with Crippen LogP contribution in [0.5, 0.6) is 5.88 Å². The van der Waals surface area contributed by atoms with E-state index in [-0.39, 0.29) is 12.4 Å². The van der Waals surface area contributed by atoms with E-state index in [4.69, 9.17) is 4.74 Å². The Kier molecular flexibility index (Phi) is 4.66. The highest BCUT2D eigenvalue weighted by molar-refractivity contribution is 5.36. The zero-order chi connectivity index (χ0) is 13.5. The molecule has 19 heavy (non-hydrogen) atoms. The Hall–Kier alpha value is -2.17. The van der Waals surface area contributed by atoms with Crippen LogP contribution in [0.4, 0.5) is 10.2 Å². The number of nitrogens with one attached hydrogen (secondary N) is 1. The van der Waals surface area contributed by atoms with Gasteiger partial charge in [0.05, 0.1) is 0 Å². The molecule has 0 spiro atoms. The molecule has 2 aromatic rings. The predicted octanol–water partition coefficient (Wildman–Crippen LogP) is 3.02. The number of nitrogens with zero attached hydrogens (tertiary/aromatic N) is 2. The Morgan fingerprint density at radius 1 is 1.26 bits per heavy atom. The van der Waals surface area contributed by atoms with Crippen molar-refractivity contribution in [2.75, 3.05) is 11.9 Å². The van der Waals surface area contributed by atoms with Gasteiger partial charge in [-0.1, -0.05) is 25.1 Å². The number of anilines is 1. The van der Waals surface area contributed by atoms with Crippen LogP contribution in [0.2, 0.25) is 0 Å². The van der Waals surface area contributed by atoms with E-state index in [9.17, 15) is 4.39 Å². The molecular weight excluding hydrogens is 245 g/mol. The molecule has 0 unspecified atom stereocenters. The average Bonchev–Trinajstić information content (AvgIpc) is 2.45. The molecule has 4 nitrogen and oxygen atoms in total. The van der Waals surface area contributed by atoms with Gasteiger partial charge in [0.15, 0.2) is 0 Å². The largest absolute Gasteiger partial charge is 0.473 e. The summed E-state index contributed by atoms with van der Waals surface area (Å²) in [7, 11) is 0. The van der Waals surface area contributed by atoms with Crippen LogP contribution in [0.3, 0.4) is 0 Å². The van der Waals surface area contributed by atoms with Crippen molar-refractivity contribution in [3.05, 3.63) is 48.0 Å². The van der Waals surface area contributed by atoms with Crippen LogP contribution in [-0.4, -0.2) is 16.5 Å². The van der Waals surface area contributed by atoms with Crippen LogP contribution in [-0.2, 0) is 6.61 Å². The van der Waals surface area contributed by atoms with Crippen molar-refractivity contribution >= 4 is 5.82 Å². The molecule has 0 bridgehead atoms. The molecule has 1 N–H and O–H groups in total. The molecule has 0 atom stereocenters. The predicted molar refractivity (Wildman–Crippen MR) is 71.5 cm³/mol. The van der Waals surface area contributed by atoms with Crippen LogP contribution in [0.15, 0.2) is 36.7 Å². The van der Waals surface area contributed by atoms with E-state index in [0.717, 1.165) is 13.0 Å². The number of benzene rings is 1. The molecule has 1 aromatic carbocycles. The van der Waals surface area contributed by atoms with Crippen molar-refractivity contribution in [1.82, 2.24) is 9.97 Å². The number of aromatic nitrogens is 2. The highest BCUT2D eigenvalue weighted by Gasteiger charge is 2.03. The topological polar surface area (TPSA) is 47.0 Å². The average molecular weight is 261 g/mol. The molecule has 1 aromatic heterocycles. The highest BCUT2D eigenvalue weighted by atomic mass is 19.1. The Bertz CT molecular complexity index is 534. The summed E-state index contributed by atoms with van der Waals surface area (Å²) in [6.45, 7) is 3.06. The number of rotatable bonds is 6. The van der Waals surface area contributed by atoms with Gasteiger partial charge in [0.25, 0.3) is 0 Å². The fraction of sp³-hybridized carbons (Fsp3) is 0.286. The van der Waals surface area contributed by atoms with Gasteiger partial charge in [0.1, 0.15) is 24.6 Å². The van der Waals surface area contributed by atoms with E-state index in [0.29, 0.717) is 17.3 Å². The Balaban J connectivity index is 1.98. The summed E-state index contributed by atoms with van der Waals surface area (Å²) in [6.07, 6.45) is 2.43. The maximum Gasteiger partial charge on any atom is 0.218 e. The van der Waals surface area contributed by atoms with E-state index in [1.54, 1.807) is 24.3 Å². The van der Waals surface area contributed by atoms with Crippen LogP contribution in [0.1, 0.15) is 18.9 Å². The van der Waals surface area contributed by atoms with Gasteiger partial charge in [-0.2, -0.15) is 0 Å². The second kappa shape index (κ2) is 6.68. The molecular formula is C14H16FN3O. The van der Waals surface area contributed by atoms with E-state index in [1.807, 2.05) is 0 Å². The quantitative estimate of drug-likeness (QED) is 0.868. The number of halogens is 1. The van der Waals surface area contributed by atoms with Gasteiger partial charge in [0.2, 0.25) is 5.88 Å². The summed E-state index contributed by atoms with van der Waals surface area (Å²) < 4.78 is 18.9. The first kappa shape index (κ1) is 13.3. The SMILES string of the molecule is CCCNc1cc(OCc2ccccc2F)ncn1. The summed E-state index contributed by atoms with van der Waals surface area (Å²) in [5.41, 5.74) is 0.504. The lowest BCUT2D eigenvalue weighted by Crippen LogP contribution is -2.04. The summed E-state index contributed by atoms with van der Waals surface area (Å²) in [6, 6.07) is 8.22. The highest BCUT2D eigenvalue weighted by Crippen LogP contribution is 2.14. The first-order valence-electron chi connectivity index (χ1n) is 6.21. The minimum atomic E-state index is -0.277. The molecule has 1 heterocycles. The summed E-state index contributed by atoms with van der Waals surface area (Å²) in [4.78, 5) is 8.07. The van der Waals surface area contributed by atoms with E-state index in [2.05, 4.69) is 22.2 Å². The smallest absolute Gasteiger partial charge is 0.218 e. The fourth-order valence-electron chi connectivity index (χ4n) is 1.54. The second-order valence-electron chi connectivity index (χ2n) is 4.05.